The summed E-state index contributed by atoms with van der Waals surface area (Å²) >= 11 is 0. The molecule has 9 heteroatoms. The highest BCUT2D eigenvalue weighted by molar-refractivity contribution is 7.85. The number of benzene rings is 1. The fourth-order valence-electron chi connectivity index (χ4n) is 3.56. The van der Waals surface area contributed by atoms with Crippen molar-refractivity contribution in [2.24, 2.45) is 7.05 Å². The summed E-state index contributed by atoms with van der Waals surface area (Å²) in [6.07, 6.45) is 3.04. The zero-order valence-electron chi connectivity index (χ0n) is 15.7. The molecule has 1 aromatic carbocycles. The summed E-state index contributed by atoms with van der Waals surface area (Å²) < 4.78 is 15.0. The van der Waals surface area contributed by atoms with E-state index in [9.17, 15) is 9.00 Å². The summed E-state index contributed by atoms with van der Waals surface area (Å²) in [5, 5.41) is 12.2. The maximum atomic E-state index is 12.8. The number of aromatic nitrogens is 4. The van der Waals surface area contributed by atoms with Gasteiger partial charge in [-0.1, -0.05) is 0 Å². The first-order valence-electron chi connectivity index (χ1n) is 9.04. The molecule has 1 aliphatic heterocycles. The summed E-state index contributed by atoms with van der Waals surface area (Å²) in [6, 6.07) is 7.45. The molecule has 3 heterocycles. The number of anilines is 2. The van der Waals surface area contributed by atoms with Crippen molar-refractivity contribution in [1.29, 1.82) is 5.26 Å². The first-order valence-corrected chi connectivity index (χ1v) is 10.5. The molecule has 0 amide bonds. The van der Waals surface area contributed by atoms with E-state index in [0.29, 0.717) is 47.0 Å². The molecule has 4 rings (SSSR count). The summed E-state index contributed by atoms with van der Waals surface area (Å²) in [6.45, 7) is 1.91. The molecule has 1 aliphatic rings. The van der Waals surface area contributed by atoms with Crippen molar-refractivity contribution >= 4 is 33.6 Å². The third-order valence-electron chi connectivity index (χ3n) is 5.16. The van der Waals surface area contributed by atoms with E-state index in [1.807, 2.05) is 13.0 Å². The minimum atomic E-state index is -0.795. The number of hydrogen-bond donors (Lipinski definition) is 1. The van der Waals surface area contributed by atoms with Crippen molar-refractivity contribution in [2.45, 2.75) is 25.8 Å². The lowest BCUT2D eigenvalue weighted by molar-refractivity contribution is 0.454. The van der Waals surface area contributed by atoms with E-state index in [1.54, 1.807) is 34.5 Å². The molecular formula is C19H20N6O2S. The summed E-state index contributed by atoms with van der Waals surface area (Å²) in [4.78, 5) is 21.8. The second kappa shape index (κ2) is 7.20. The van der Waals surface area contributed by atoms with Gasteiger partial charge < -0.3 is 5.32 Å². The Balaban J connectivity index is 1.74. The average molecular weight is 396 g/mol. The molecule has 2 aromatic heterocycles. The van der Waals surface area contributed by atoms with Crippen LogP contribution in [0.4, 0.5) is 11.6 Å². The van der Waals surface area contributed by atoms with Crippen LogP contribution in [0.3, 0.4) is 0 Å². The fourth-order valence-corrected chi connectivity index (χ4v) is 4.83. The van der Waals surface area contributed by atoms with Crippen LogP contribution in [-0.2, 0) is 17.8 Å². The minimum Gasteiger partial charge on any atom is -0.324 e. The van der Waals surface area contributed by atoms with Gasteiger partial charge in [0.25, 0.3) is 0 Å². The number of aryl methyl sites for hydroxylation is 2. The number of fused-ring (bicyclic) bond motifs is 1. The fraction of sp³-hybridized carbons (Fsp3) is 0.368. The highest BCUT2D eigenvalue weighted by Crippen LogP contribution is 2.26. The quantitative estimate of drug-likeness (QED) is 0.727. The molecule has 0 atom stereocenters. The zero-order chi connectivity index (χ0) is 19.8. The normalized spacial score (nSPS) is 19.5. The van der Waals surface area contributed by atoms with Crippen molar-refractivity contribution < 1.29 is 4.21 Å². The molecule has 144 valence electrons. The van der Waals surface area contributed by atoms with Crippen LogP contribution in [0.25, 0.3) is 11.2 Å². The lowest BCUT2D eigenvalue weighted by Crippen LogP contribution is -2.30. The number of nitrogens with zero attached hydrogens (tertiary/aromatic N) is 5. The number of hydrogen-bond acceptors (Lipinski definition) is 6. The Morgan fingerprint density at radius 2 is 2.07 bits per heavy atom. The first kappa shape index (κ1) is 18.4. The Morgan fingerprint density at radius 1 is 1.32 bits per heavy atom. The number of imidazole rings is 1. The molecule has 8 nitrogen and oxygen atoms in total. The van der Waals surface area contributed by atoms with E-state index >= 15 is 0 Å². The van der Waals surface area contributed by atoms with E-state index in [0.717, 1.165) is 11.3 Å². The van der Waals surface area contributed by atoms with Crippen molar-refractivity contribution in [3.8, 4) is 6.07 Å². The van der Waals surface area contributed by atoms with Crippen LogP contribution in [0, 0.1) is 18.3 Å². The molecule has 0 unspecified atom stereocenters. The van der Waals surface area contributed by atoms with E-state index in [-0.39, 0.29) is 11.7 Å². The standard InChI is InChI=1S/C19H20N6O2S/c1-12-9-13(10-20)3-4-15(12)22-18-21-11-16-17(23-18)25(19(26)24(16)2)14-5-7-28(27)8-6-14/h3-4,9,11,14H,5-8H2,1-2H3,(H,21,22,23). The zero-order valence-corrected chi connectivity index (χ0v) is 16.5. The molecule has 0 spiro atoms. The third kappa shape index (κ3) is 3.20. The molecule has 3 aromatic rings. The lowest BCUT2D eigenvalue weighted by atomic mass is 10.1. The van der Waals surface area contributed by atoms with Gasteiger partial charge in [-0.3, -0.25) is 13.3 Å². The van der Waals surface area contributed by atoms with Crippen LogP contribution >= 0.6 is 0 Å². The van der Waals surface area contributed by atoms with Gasteiger partial charge in [0.1, 0.15) is 5.52 Å². The molecule has 0 aliphatic carbocycles. The molecular weight excluding hydrogens is 376 g/mol. The van der Waals surface area contributed by atoms with Gasteiger partial charge in [0.05, 0.1) is 17.8 Å². The molecule has 0 saturated carbocycles. The Labute approximate surface area is 164 Å². The number of rotatable bonds is 3. The van der Waals surface area contributed by atoms with Crippen LogP contribution in [0.5, 0.6) is 0 Å². The second-order valence-electron chi connectivity index (χ2n) is 6.96. The predicted octanol–water partition coefficient (Wildman–Crippen LogP) is 2.14. The smallest absolute Gasteiger partial charge is 0.324 e. The topological polar surface area (TPSA) is 106 Å². The summed E-state index contributed by atoms with van der Waals surface area (Å²) in [5.74, 6) is 1.60. The SMILES string of the molecule is Cc1cc(C#N)ccc1Nc1ncc2c(n1)n(C1CCS(=O)CC1)c(=O)n2C. The summed E-state index contributed by atoms with van der Waals surface area (Å²) in [5.41, 5.74) is 3.41. The highest BCUT2D eigenvalue weighted by Gasteiger charge is 2.25. The van der Waals surface area contributed by atoms with Gasteiger partial charge in [-0.2, -0.15) is 10.2 Å². The largest absolute Gasteiger partial charge is 0.330 e. The summed E-state index contributed by atoms with van der Waals surface area (Å²) in [7, 11) is 0.917. The van der Waals surface area contributed by atoms with Gasteiger partial charge in [-0.15, -0.1) is 0 Å². The molecule has 1 fully saturated rings. The lowest BCUT2D eigenvalue weighted by Gasteiger charge is -2.22. The van der Waals surface area contributed by atoms with Crippen LogP contribution in [0.15, 0.2) is 29.2 Å². The van der Waals surface area contributed by atoms with Crippen LogP contribution in [0.2, 0.25) is 0 Å². The molecule has 0 bridgehead atoms. The van der Waals surface area contributed by atoms with Gasteiger partial charge >= 0.3 is 5.69 Å². The van der Waals surface area contributed by atoms with Gasteiger partial charge in [0.15, 0.2) is 5.65 Å². The van der Waals surface area contributed by atoms with E-state index in [4.69, 9.17) is 5.26 Å². The Kier molecular flexibility index (Phi) is 4.73. The number of nitrogens with one attached hydrogen (secondary N) is 1. The third-order valence-corrected chi connectivity index (χ3v) is 6.54. The van der Waals surface area contributed by atoms with Crippen LogP contribution < -0.4 is 11.0 Å². The van der Waals surface area contributed by atoms with Crippen LogP contribution in [0.1, 0.15) is 30.0 Å². The van der Waals surface area contributed by atoms with E-state index in [1.165, 1.54) is 0 Å². The van der Waals surface area contributed by atoms with Gasteiger partial charge in [-0.25, -0.2) is 9.78 Å². The Bertz CT molecular complexity index is 1180. The average Bonchev–Trinajstić information content (AvgIpc) is 2.94. The van der Waals surface area contributed by atoms with Crippen molar-refractivity contribution in [1.82, 2.24) is 19.1 Å². The molecule has 1 N–H and O–H groups in total. The Morgan fingerprint density at radius 3 is 2.75 bits per heavy atom. The van der Waals surface area contributed by atoms with Gasteiger partial charge in [0.2, 0.25) is 5.95 Å². The molecule has 0 radical (unpaired) electrons. The number of nitriles is 1. The van der Waals surface area contributed by atoms with Crippen molar-refractivity contribution in [3.63, 3.8) is 0 Å². The van der Waals surface area contributed by atoms with Crippen LogP contribution in [-0.4, -0.2) is 34.8 Å². The first-order chi connectivity index (χ1) is 13.5. The molecule has 28 heavy (non-hydrogen) atoms. The minimum absolute atomic E-state index is 0.00621. The maximum absolute atomic E-state index is 12.8. The molecule has 1 saturated heterocycles. The van der Waals surface area contributed by atoms with Crippen molar-refractivity contribution in [3.05, 3.63) is 46.0 Å². The predicted molar refractivity (Wildman–Crippen MR) is 108 cm³/mol. The maximum Gasteiger partial charge on any atom is 0.330 e. The van der Waals surface area contributed by atoms with E-state index < -0.39 is 10.8 Å². The Hall–Kier alpha value is -2.99. The van der Waals surface area contributed by atoms with Gasteiger partial charge in [-0.05, 0) is 43.5 Å². The van der Waals surface area contributed by atoms with E-state index in [2.05, 4.69) is 21.4 Å². The van der Waals surface area contributed by atoms with Gasteiger partial charge in [0, 0.05) is 41.1 Å². The second-order valence-corrected chi connectivity index (χ2v) is 8.66. The highest BCUT2D eigenvalue weighted by atomic mass is 32.2. The van der Waals surface area contributed by atoms with Crippen molar-refractivity contribution in [2.75, 3.05) is 16.8 Å². The monoisotopic (exact) mass is 396 g/mol.